The third-order valence-corrected chi connectivity index (χ3v) is 8.34. The lowest BCUT2D eigenvalue weighted by Gasteiger charge is -2.35. The number of benzene rings is 1. The molecule has 2 N–H and O–H groups in total. The molecule has 1 saturated heterocycles. The van der Waals surface area contributed by atoms with Crippen LogP contribution in [0, 0.1) is 0 Å². The van der Waals surface area contributed by atoms with Crippen LogP contribution >= 0.6 is 22.9 Å². The van der Waals surface area contributed by atoms with Crippen LogP contribution in [0.15, 0.2) is 39.9 Å². The topological polar surface area (TPSA) is 78.5 Å². The van der Waals surface area contributed by atoms with Gasteiger partial charge in [-0.3, -0.25) is 9.69 Å². The van der Waals surface area contributed by atoms with Crippen molar-refractivity contribution in [1.82, 2.24) is 9.62 Å². The lowest BCUT2D eigenvalue weighted by Crippen LogP contribution is -2.50. The van der Waals surface area contributed by atoms with Gasteiger partial charge in [0.15, 0.2) is 0 Å². The summed E-state index contributed by atoms with van der Waals surface area (Å²) in [7, 11) is -3.57. The number of carbonyl (C=O) groups is 1. The molecule has 0 aliphatic carbocycles. The molecule has 0 radical (unpaired) electrons. The zero-order valence-electron chi connectivity index (χ0n) is 16.4. The molecule has 0 saturated carbocycles. The zero-order chi connectivity index (χ0) is 22.8. The van der Waals surface area contributed by atoms with Crippen molar-refractivity contribution in [1.29, 1.82) is 0 Å². The number of likely N-dealkylation sites (tertiary alicyclic amines) is 1. The van der Waals surface area contributed by atoms with Crippen molar-refractivity contribution in [3.8, 4) is 0 Å². The summed E-state index contributed by atoms with van der Waals surface area (Å²) in [6.45, 7) is 2.57. The van der Waals surface area contributed by atoms with E-state index in [9.17, 15) is 26.4 Å². The number of piperidine rings is 1. The molecule has 170 valence electrons. The number of hydrogen-bond donors (Lipinski definition) is 2. The second-order valence-corrected chi connectivity index (χ2v) is 10.5. The lowest BCUT2D eigenvalue weighted by molar-refractivity contribution is -0.137. The van der Waals surface area contributed by atoms with Crippen LogP contribution in [0.1, 0.15) is 25.3 Å². The number of nitrogens with one attached hydrogen (secondary N) is 2. The number of thiophene rings is 1. The van der Waals surface area contributed by atoms with Gasteiger partial charge in [0.05, 0.1) is 22.3 Å². The van der Waals surface area contributed by atoms with Crippen LogP contribution in [-0.2, 0) is 21.0 Å². The summed E-state index contributed by atoms with van der Waals surface area (Å²) in [4.78, 5) is 14.4. The summed E-state index contributed by atoms with van der Waals surface area (Å²) in [6.07, 6.45) is -3.53. The maximum absolute atomic E-state index is 12.9. The van der Waals surface area contributed by atoms with Gasteiger partial charge >= 0.3 is 6.18 Å². The summed E-state index contributed by atoms with van der Waals surface area (Å²) in [5.41, 5.74) is -1.01. The largest absolute Gasteiger partial charge is 0.416 e. The Morgan fingerprint density at radius 1 is 1.26 bits per heavy atom. The van der Waals surface area contributed by atoms with E-state index in [0.29, 0.717) is 25.9 Å². The molecular weight excluding hydrogens is 475 g/mol. The minimum atomic E-state index is -4.55. The summed E-state index contributed by atoms with van der Waals surface area (Å²) >= 11 is 7.08. The Morgan fingerprint density at radius 2 is 1.94 bits per heavy atom. The molecule has 6 nitrogen and oxygen atoms in total. The van der Waals surface area contributed by atoms with Crippen molar-refractivity contribution in [2.45, 2.75) is 42.2 Å². The van der Waals surface area contributed by atoms with Crippen molar-refractivity contribution in [2.24, 2.45) is 0 Å². The van der Waals surface area contributed by atoms with Crippen LogP contribution in [0.5, 0.6) is 0 Å². The number of alkyl halides is 3. The van der Waals surface area contributed by atoms with Crippen LogP contribution in [0.2, 0.25) is 5.02 Å². The quantitative estimate of drug-likeness (QED) is 0.630. The van der Waals surface area contributed by atoms with Gasteiger partial charge in [-0.1, -0.05) is 17.7 Å². The van der Waals surface area contributed by atoms with E-state index in [1.807, 2.05) is 4.90 Å². The van der Waals surface area contributed by atoms with Gasteiger partial charge in [0.25, 0.3) is 0 Å². The lowest BCUT2D eigenvalue weighted by atomic mass is 10.0. The van der Waals surface area contributed by atoms with Gasteiger partial charge in [-0.15, -0.1) is 11.3 Å². The van der Waals surface area contributed by atoms with Crippen molar-refractivity contribution in [3.63, 3.8) is 0 Å². The first-order valence-corrected chi connectivity index (χ1v) is 12.2. The molecule has 31 heavy (non-hydrogen) atoms. The molecule has 1 fully saturated rings. The molecular formula is C19H21ClF3N3O3S2. The second kappa shape index (κ2) is 9.45. The Labute approximate surface area is 187 Å². The normalized spacial score (nSPS) is 17.5. The van der Waals surface area contributed by atoms with Gasteiger partial charge in [0.2, 0.25) is 15.9 Å². The average Bonchev–Trinajstić information content (AvgIpc) is 3.24. The van der Waals surface area contributed by atoms with Gasteiger partial charge in [0.1, 0.15) is 4.21 Å². The molecule has 2 aromatic rings. The number of sulfonamides is 1. The van der Waals surface area contributed by atoms with Crippen LogP contribution in [0.3, 0.4) is 0 Å². The van der Waals surface area contributed by atoms with Crippen LogP contribution < -0.4 is 10.0 Å². The number of halogens is 4. The summed E-state index contributed by atoms with van der Waals surface area (Å²) in [5.74, 6) is -0.487. The van der Waals surface area contributed by atoms with Crippen LogP contribution in [0.25, 0.3) is 0 Å². The molecule has 1 aromatic carbocycles. The third-order valence-electron chi connectivity index (χ3n) is 5.09. The van der Waals surface area contributed by atoms with E-state index in [1.54, 1.807) is 18.4 Å². The van der Waals surface area contributed by atoms with E-state index in [4.69, 9.17) is 11.6 Å². The molecule has 1 aliphatic rings. The average molecular weight is 496 g/mol. The van der Waals surface area contributed by atoms with Gasteiger partial charge in [-0.2, -0.15) is 13.2 Å². The number of anilines is 1. The molecule has 1 aromatic heterocycles. The second-order valence-electron chi connectivity index (χ2n) is 7.22. The smallest absolute Gasteiger partial charge is 0.323 e. The van der Waals surface area contributed by atoms with E-state index in [-0.39, 0.29) is 21.0 Å². The first-order chi connectivity index (χ1) is 14.5. The highest BCUT2D eigenvalue weighted by molar-refractivity contribution is 7.91. The Bertz CT molecular complexity index is 1020. The Balaban J connectivity index is 1.57. The Hall–Kier alpha value is -1.66. The minimum Gasteiger partial charge on any atom is -0.323 e. The van der Waals surface area contributed by atoms with Crippen molar-refractivity contribution >= 4 is 44.6 Å². The fourth-order valence-electron chi connectivity index (χ4n) is 3.30. The number of amides is 1. The van der Waals surface area contributed by atoms with Gasteiger partial charge < -0.3 is 5.32 Å². The number of hydrogen-bond acceptors (Lipinski definition) is 5. The van der Waals surface area contributed by atoms with Gasteiger partial charge in [-0.25, -0.2) is 13.1 Å². The molecule has 0 spiro atoms. The highest BCUT2D eigenvalue weighted by Gasteiger charge is 2.32. The van der Waals surface area contributed by atoms with Crippen molar-refractivity contribution in [2.75, 3.05) is 18.4 Å². The highest BCUT2D eigenvalue weighted by atomic mass is 35.5. The minimum absolute atomic E-state index is 0.00948. The molecule has 2 heterocycles. The predicted molar refractivity (Wildman–Crippen MR) is 114 cm³/mol. The highest BCUT2D eigenvalue weighted by Crippen LogP contribution is 2.34. The van der Waals surface area contributed by atoms with E-state index in [0.717, 1.165) is 29.5 Å². The fraction of sp³-hybridized carbons (Fsp3) is 0.421. The van der Waals surface area contributed by atoms with Gasteiger partial charge in [0, 0.05) is 19.1 Å². The summed E-state index contributed by atoms with van der Waals surface area (Å²) in [6, 6.07) is 5.07. The standard InChI is InChI=1S/C19H21ClF3N3O3S2/c1-12(18(27)24-16-11-13(19(21,22)23)4-5-15(16)20)26-8-6-14(7-9-26)25-31(28,29)17-3-2-10-30-17/h2-5,10-12,14,25H,6-9H2,1H3,(H,24,27)/t12-/m1/s1. The number of carbonyl (C=O) groups excluding carboxylic acids is 1. The van der Waals surface area contributed by atoms with E-state index >= 15 is 0 Å². The SMILES string of the molecule is C[C@H](C(=O)Nc1cc(C(F)(F)F)ccc1Cl)N1CCC(NS(=O)(=O)c2cccs2)CC1. The molecule has 1 atom stereocenters. The molecule has 0 unspecified atom stereocenters. The first-order valence-electron chi connectivity index (χ1n) is 9.45. The van der Waals surface area contributed by atoms with Gasteiger partial charge in [-0.05, 0) is 49.4 Å². The van der Waals surface area contributed by atoms with Crippen molar-refractivity contribution < 1.29 is 26.4 Å². The third kappa shape index (κ3) is 5.98. The Kier molecular flexibility index (Phi) is 7.32. The Morgan fingerprint density at radius 3 is 2.52 bits per heavy atom. The van der Waals surface area contributed by atoms with Crippen LogP contribution in [0.4, 0.5) is 18.9 Å². The molecule has 1 amide bonds. The molecule has 12 heteroatoms. The predicted octanol–water partition coefficient (Wildman–Crippen LogP) is 4.19. The van der Waals surface area contributed by atoms with Crippen LogP contribution in [-0.4, -0.2) is 44.4 Å². The zero-order valence-corrected chi connectivity index (χ0v) is 18.8. The first kappa shape index (κ1) is 24.0. The molecule has 3 rings (SSSR count). The molecule has 1 aliphatic heterocycles. The summed E-state index contributed by atoms with van der Waals surface area (Å²) < 4.78 is 66.4. The van der Waals surface area contributed by atoms with Crippen molar-refractivity contribution in [3.05, 3.63) is 46.3 Å². The maximum Gasteiger partial charge on any atom is 0.416 e. The number of rotatable bonds is 6. The fourth-order valence-corrected chi connectivity index (χ4v) is 5.78. The van der Waals surface area contributed by atoms with E-state index in [1.165, 1.54) is 6.07 Å². The number of nitrogens with zero attached hydrogens (tertiary/aromatic N) is 1. The summed E-state index contributed by atoms with van der Waals surface area (Å²) in [5, 5.41) is 4.16. The van der Waals surface area contributed by atoms with E-state index < -0.39 is 33.7 Å². The molecule has 0 bridgehead atoms. The monoisotopic (exact) mass is 495 g/mol. The maximum atomic E-state index is 12.9. The van der Waals surface area contributed by atoms with E-state index in [2.05, 4.69) is 10.0 Å².